The monoisotopic (exact) mass is 657 g/mol. The molecule has 272 valence electrons. The molecule has 4 N–H and O–H groups in total. The van der Waals surface area contributed by atoms with Gasteiger partial charge >= 0.3 is 0 Å². The highest BCUT2D eigenvalue weighted by Gasteiger charge is 2.38. The topological polar surface area (TPSA) is 90.0 Å². The van der Waals surface area contributed by atoms with Gasteiger partial charge in [-0.05, 0) is 106 Å². The van der Waals surface area contributed by atoms with Crippen LogP contribution in [-0.2, 0) is 0 Å². The van der Waals surface area contributed by atoms with Gasteiger partial charge in [-0.25, -0.2) is 0 Å². The highest BCUT2D eigenvalue weighted by Crippen LogP contribution is 2.34. The number of anilines is 3. The highest BCUT2D eigenvalue weighted by atomic mass is 15.3. The highest BCUT2D eigenvalue weighted by molar-refractivity contribution is 5.44. The van der Waals surface area contributed by atoms with Crippen molar-refractivity contribution in [2.24, 2.45) is 11.8 Å². The van der Waals surface area contributed by atoms with E-state index in [1.54, 1.807) is 0 Å². The lowest BCUT2D eigenvalue weighted by atomic mass is 9.76. The Labute approximate surface area is 290 Å². The molecule has 47 heavy (non-hydrogen) atoms. The molecule has 8 heteroatoms. The van der Waals surface area contributed by atoms with E-state index >= 15 is 0 Å². The van der Waals surface area contributed by atoms with Crippen molar-refractivity contribution in [3.63, 3.8) is 0 Å². The summed E-state index contributed by atoms with van der Waals surface area (Å²) in [5, 5.41) is 15.1. The number of rotatable bonds is 21. The maximum Gasteiger partial charge on any atom is 0.231 e. The van der Waals surface area contributed by atoms with Crippen molar-refractivity contribution in [3.8, 4) is 0 Å². The second-order valence-electron chi connectivity index (χ2n) is 17.9. The van der Waals surface area contributed by atoms with Crippen LogP contribution >= 0.6 is 0 Å². The summed E-state index contributed by atoms with van der Waals surface area (Å²) in [6, 6.07) is 0. The summed E-state index contributed by atoms with van der Waals surface area (Å²) in [5.41, 5.74) is 0.470. The van der Waals surface area contributed by atoms with Crippen molar-refractivity contribution in [1.29, 1.82) is 0 Å². The average Bonchev–Trinajstić information content (AvgIpc) is 2.94. The van der Waals surface area contributed by atoms with Crippen LogP contribution in [0.1, 0.15) is 172 Å². The fourth-order valence-corrected chi connectivity index (χ4v) is 8.97. The third-order valence-corrected chi connectivity index (χ3v) is 10.1. The summed E-state index contributed by atoms with van der Waals surface area (Å²) in [7, 11) is 0. The summed E-state index contributed by atoms with van der Waals surface area (Å²) in [4.78, 5) is 17.7. The van der Waals surface area contributed by atoms with Crippen LogP contribution in [0.2, 0.25) is 0 Å². The molecule has 1 aromatic rings. The Morgan fingerprint density at radius 3 is 1.23 bits per heavy atom. The fourth-order valence-electron chi connectivity index (χ4n) is 8.97. The molecule has 0 aromatic carbocycles. The zero-order valence-corrected chi connectivity index (χ0v) is 32.6. The van der Waals surface area contributed by atoms with Crippen LogP contribution in [-0.4, -0.2) is 63.3 Å². The standard InChI is InChI=1S/C39H76N8/c1-11-13-15-17-19-21-23-47(24-22-20-18-16-14-12-2)35-43-33(40-29-31-25-36(3,4)45-37(5,6)26-31)42-34(44-35)41-30-32-27-38(7,8)46-39(9,10)28-32/h31-32,45-46H,11-30H2,1-10H3,(H2,40,41,42,43,44). The normalized spacial score (nSPS) is 20.6. The lowest BCUT2D eigenvalue weighted by molar-refractivity contribution is 0.134. The molecular formula is C39H76N8. The smallest absolute Gasteiger partial charge is 0.231 e. The first-order valence-corrected chi connectivity index (χ1v) is 19.7. The summed E-state index contributed by atoms with van der Waals surface area (Å²) < 4.78 is 0. The molecule has 0 amide bonds. The Kier molecular flexibility index (Phi) is 15.5. The van der Waals surface area contributed by atoms with Gasteiger partial charge in [0, 0.05) is 48.3 Å². The van der Waals surface area contributed by atoms with E-state index in [9.17, 15) is 0 Å². The van der Waals surface area contributed by atoms with E-state index in [1.807, 2.05) is 0 Å². The Bertz CT molecular complexity index is 928. The molecule has 8 nitrogen and oxygen atoms in total. The van der Waals surface area contributed by atoms with Crippen LogP contribution in [0.25, 0.3) is 0 Å². The van der Waals surface area contributed by atoms with Crippen molar-refractivity contribution in [2.45, 2.75) is 194 Å². The van der Waals surface area contributed by atoms with Crippen LogP contribution in [0, 0.1) is 11.8 Å². The molecule has 2 saturated heterocycles. The lowest BCUT2D eigenvalue weighted by Gasteiger charge is -2.46. The number of unbranched alkanes of at least 4 members (excludes halogenated alkanes) is 10. The molecule has 0 spiro atoms. The molecule has 0 aliphatic carbocycles. The number of hydrogen-bond donors (Lipinski definition) is 4. The van der Waals surface area contributed by atoms with Crippen LogP contribution in [0.3, 0.4) is 0 Å². The first kappa shape index (κ1) is 39.8. The summed E-state index contributed by atoms with van der Waals surface area (Å²) in [6.45, 7) is 27.0. The third kappa shape index (κ3) is 15.2. The maximum absolute atomic E-state index is 5.12. The molecule has 0 unspecified atom stereocenters. The molecule has 2 fully saturated rings. The second kappa shape index (κ2) is 18.4. The van der Waals surface area contributed by atoms with Crippen LogP contribution in [0.5, 0.6) is 0 Å². The largest absolute Gasteiger partial charge is 0.354 e. The van der Waals surface area contributed by atoms with Gasteiger partial charge in [-0.15, -0.1) is 0 Å². The van der Waals surface area contributed by atoms with E-state index in [0.717, 1.165) is 57.8 Å². The Morgan fingerprint density at radius 1 is 0.532 bits per heavy atom. The predicted octanol–water partition coefficient (Wildman–Crippen LogP) is 9.34. The van der Waals surface area contributed by atoms with Gasteiger partial charge in [0.1, 0.15) is 0 Å². The second-order valence-corrected chi connectivity index (χ2v) is 17.9. The third-order valence-electron chi connectivity index (χ3n) is 10.1. The van der Waals surface area contributed by atoms with Crippen molar-refractivity contribution in [3.05, 3.63) is 0 Å². The van der Waals surface area contributed by atoms with E-state index in [0.29, 0.717) is 23.7 Å². The molecule has 0 saturated carbocycles. The molecule has 1 aromatic heterocycles. The molecule has 0 bridgehead atoms. The zero-order valence-electron chi connectivity index (χ0n) is 32.6. The van der Waals surface area contributed by atoms with Crippen LogP contribution in [0.15, 0.2) is 0 Å². The number of nitrogens with one attached hydrogen (secondary N) is 4. The van der Waals surface area contributed by atoms with Gasteiger partial charge in [-0.1, -0.05) is 78.1 Å². The summed E-state index contributed by atoms with van der Waals surface area (Å²) in [6.07, 6.45) is 20.1. The van der Waals surface area contributed by atoms with Gasteiger partial charge in [0.25, 0.3) is 0 Å². The average molecular weight is 657 g/mol. The molecule has 0 radical (unpaired) electrons. The van der Waals surface area contributed by atoms with Gasteiger partial charge in [-0.3, -0.25) is 0 Å². The summed E-state index contributed by atoms with van der Waals surface area (Å²) >= 11 is 0. The number of piperidine rings is 2. The predicted molar refractivity (Wildman–Crippen MR) is 204 cm³/mol. The molecule has 2 aliphatic heterocycles. The minimum absolute atomic E-state index is 0.118. The van der Waals surface area contributed by atoms with Crippen molar-refractivity contribution in [2.75, 3.05) is 41.7 Å². The van der Waals surface area contributed by atoms with Crippen LogP contribution in [0.4, 0.5) is 17.8 Å². The number of hydrogen-bond acceptors (Lipinski definition) is 8. The van der Waals surface area contributed by atoms with Gasteiger partial charge in [0.15, 0.2) is 0 Å². The first-order chi connectivity index (χ1) is 22.1. The minimum Gasteiger partial charge on any atom is -0.354 e. The Balaban J connectivity index is 1.79. The lowest BCUT2D eigenvalue weighted by Crippen LogP contribution is -2.58. The van der Waals surface area contributed by atoms with Crippen molar-refractivity contribution < 1.29 is 0 Å². The summed E-state index contributed by atoms with van der Waals surface area (Å²) in [5.74, 6) is 3.38. The zero-order chi connectivity index (χ0) is 34.6. The minimum atomic E-state index is 0.118. The SMILES string of the molecule is CCCCCCCCN(CCCCCCCC)c1nc(NCC2CC(C)(C)NC(C)(C)C2)nc(NCC2CC(C)(C)NC(C)(C)C2)n1. The molecule has 2 aliphatic rings. The van der Waals surface area contributed by atoms with E-state index in [4.69, 9.17) is 15.0 Å². The number of nitrogens with zero attached hydrogens (tertiary/aromatic N) is 4. The Morgan fingerprint density at radius 2 is 0.872 bits per heavy atom. The fraction of sp³-hybridized carbons (Fsp3) is 0.923. The first-order valence-electron chi connectivity index (χ1n) is 19.7. The molecule has 0 atom stereocenters. The van der Waals surface area contributed by atoms with E-state index in [2.05, 4.69) is 95.4 Å². The van der Waals surface area contributed by atoms with E-state index in [-0.39, 0.29) is 22.2 Å². The van der Waals surface area contributed by atoms with Gasteiger partial charge in [0.2, 0.25) is 17.8 Å². The van der Waals surface area contributed by atoms with Gasteiger partial charge < -0.3 is 26.2 Å². The van der Waals surface area contributed by atoms with Crippen molar-refractivity contribution >= 4 is 17.8 Å². The molecule has 3 rings (SSSR count). The van der Waals surface area contributed by atoms with Gasteiger partial charge in [0.05, 0.1) is 0 Å². The quantitative estimate of drug-likeness (QED) is 0.0974. The van der Waals surface area contributed by atoms with Gasteiger partial charge in [-0.2, -0.15) is 15.0 Å². The van der Waals surface area contributed by atoms with E-state index in [1.165, 1.54) is 77.0 Å². The molecular weight excluding hydrogens is 580 g/mol. The van der Waals surface area contributed by atoms with Crippen LogP contribution < -0.4 is 26.2 Å². The maximum atomic E-state index is 5.12. The molecule has 3 heterocycles. The van der Waals surface area contributed by atoms with Crippen molar-refractivity contribution in [1.82, 2.24) is 25.6 Å². The Hall–Kier alpha value is -1.67. The van der Waals surface area contributed by atoms with E-state index < -0.39 is 0 Å². The number of aromatic nitrogens is 3.